The van der Waals surface area contributed by atoms with Gasteiger partial charge in [0.1, 0.15) is 5.82 Å². The molecular formula is C23H28BrN3O3S. The van der Waals surface area contributed by atoms with Crippen molar-refractivity contribution in [3.63, 3.8) is 0 Å². The Labute approximate surface area is 192 Å². The Morgan fingerprint density at radius 3 is 2.39 bits per heavy atom. The van der Waals surface area contributed by atoms with E-state index < -0.39 is 16.1 Å². The molecule has 0 aliphatic rings. The van der Waals surface area contributed by atoms with Gasteiger partial charge in [-0.3, -0.25) is 9.36 Å². The van der Waals surface area contributed by atoms with Crippen molar-refractivity contribution >= 4 is 36.9 Å². The van der Waals surface area contributed by atoms with E-state index in [0.29, 0.717) is 29.8 Å². The van der Waals surface area contributed by atoms with Crippen LogP contribution in [0.25, 0.3) is 10.9 Å². The molecule has 1 atom stereocenters. The van der Waals surface area contributed by atoms with E-state index >= 15 is 0 Å². The van der Waals surface area contributed by atoms with Gasteiger partial charge < -0.3 is 0 Å². The molecule has 166 valence electrons. The minimum absolute atomic E-state index is 0.149. The summed E-state index contributed by atoms with van der Waals surface area (Å²) in [6.07, 6.45) is 2.64. The molecule has 0 radical (unpaired) electrons. The SMILES string of the molecule is CCCCCN(C(C)c1nc2ccccc2c(=O)n1CC)S(=O)(=O)c1ccc(Br)cc1. The number of sulfonamides is 1. The predicted octanol–water partition coefficient (Wildman–Crippen LogP) is 5.12. The van der Waals surface area contributed by atoms with Crippen LogP contribution in [-0.4, -0.2) is 28.8 Å². The number of rotatable bonds is 9. The third-order valence-electron chi connectivity index (χ3n) is 5.42. The highest BCUT2D eigenvalue weighted by molar-refractivity contribution is 9.10. The van der Waals surface area contributed by atoms with Crippen molar-refractivity contribution in [3.8, 4) is 0 Å². The molecule has 0 saturated carbocycles. The maximum absolute atomic E-state index is 13.6. The number of halogens is 1. The lowest BCUT2D eigenvalue weighted by Gasteiger charge is -2.29. The van der Waals surface area contributed by atoms with Crippen molar-refractivity contribution in [2.45, 2.75) is 57.5 Å². The monoisotopic (exact) mass is 505 g/mol. The van der Waals surface area contributed by atoms with E-state index in [1.54, 1.807) is 41.0 Å². The fraction of sp³-hybridized carbons (Fsp3) is 0.391. The highest BCUT2D eigenvalue weighted by Crippen LogP contribution is 2.28. The molecule has 0 N–H and O–H groups in total. The second kappa shape index (κ2) is 10.1. The zero-order chi connectivity index (χ0) is 22.6. The van der Waals surface area contributed by atoms with Gasteiger partial charge in [-0.1, -0.05) is 47.8 Å². The molecular weight excluding hydrogens is 478 g/mol. The Hall–Kier alpha value is -2.03. The van der Waals surface area contributed by atoms with Crippen LogP contribution >= 0.6 is 15.9 Å². The summed E-state index contributed by atoms with van der Waals surface area (Å²) in [4.78, 5) is 18.0. The second-order valence-corrected chi connectivity index (χ2v) is 10.3. The Morgan fingerprint density at radius 1 is 1.06 bits per heavy atom. The van der Waals surface area contributed by atoms with Gasteiger partial charge in [-0.15, -0.1) is 0 Å². The van der Waals surface area contributed by atoms with Crippen LogP contribution in [-0.2, 0) is 16.6 Å². The number of hydrogen-bond acceptors (Lipinski definition) is 4. The van der Waals surface area contributed by atoms with Crippen LogP contribution in [0.2, 0.25) is 0 Å². The van der Waals surface area contributed by atoms with Crippen LogP contribution in [0.1, 0.15) is 51.9 Å². The molecule has 0 fully saturated rings. The largest absolute Gasteiger partial charge is 0.295 e. The van der Waals surface area contributed by atoms with Crippen molar-refractivity contribution in [2.75, 3.05) is 6.54 Å². The molecule has 1 unspecified atom stereocenters. The molecule has 0 aliphatic carbocycles. The molecule has 8 heteroatoms. The minimum atomic E-state index is -3.78. The van der Waals surface area contributed by atoms with E-state index in [4.69, 9.17) is 4.98 Å². The Kier molecular flexibility index (Phi) is 7.67. The average Bonchev–Trinajstić information content (AvgIpc) is 2.76. The third kappa shape index (κ3) is 4.91. The van der Waals surface area contributed by atoms with E-state index in [2.05, 4.69) is 22.9 Å². The van der Waals surface area contributed by atoms with E-state index in [1.807, 2.05) is 26.0 Å². The molecule has 0 saturated heterocycles. The van der Waals surface area contributed by atoms with Crippen molar-refractivity contribution in [1.82, 2.24) is 13.9 Å². The first-order valence-electron chi connectivity index (χ1n) is 10.6. The van der Waals surface area contributed by atoms with Gasteiger partial charge >= 0.3 is 0 Å². The number of benzene rings is 2. The topological polar surface area (TPSA) is 72.3 Å². The van der Waals surface area contributed by atoms with Gasteiger partial charge in [-0.25, -0.2) is 13.4 Å². The second-order valence-electron chi connectivity index (χ2n) is 7.49. The van der Waals surface area contributed by atoms with E-state index in [1.165, 1.54) is 4.31 Å². The molecule has 1 aromatic heterocycles. The van der Waals surface area contributed by atoms with Gasteiger partial charge in [-0.2, -0.15) is 4.31 Å². The number of fused-ring (bicyclic) bond motifs is 1. The zero-order valence-corrected chi connectivity index (χ0v) is 20.5. The first kappa shape index (κ1) is 23.6. The highest BCUT2D eigenvalue weighted by Gasteiger charge is 2.32. The van der Waals surface area contributed by atoms with Gasteiger partial charge in [0.25, 0.3) is 5.56 Å². The molecule has 6 nitrogen and oxygen atoms in total. The van der Waals surface area contributed by atoms with Gasteiger partial charge in [0, 0.05) is 17.6 Å². The Bertz CT molecular complexity index is 1210. The van der Waals surface area contributed by atoms with Crippen molar-refractivity contribution < 1.29 is 8.42 Å². The molecule has 0 amide bonds. The number of unbranched alkanes of at least 4 members (excludes halogenated alkanes) is 2. The number of hydrogen-bond donors (Lipinski definition) is 0. The lowest BCUT2D eigenvalue weighted by molar-refractivity contribution is 0.314. The molecule has 3 rings (SSSR count). The highest BCUT2D eigenvalue weighted by atomic mass is 79.9. The number of aromatic nitrogens is 2. The Balaban J connectivity index is 2.13. The van der Waals surface area contributed by atoms with Crippen molar-refractivity contribution in [3.05, 3.63) is 69.2 Å². The van der Waals surface area contributed by atoms with Crippen LogP contribution < -0.4 is 5.56 Å². The smallest absolute Gasteiger partial charge is 0.261 e. The number of nitrogens with zero attached hydrogens (tertiary/aromatic N) is 3. The van der Waals surface area contributed by atoms with Crippen LogP contribution in [0.4, 0.5) is 0 Å². The van der Waals surface area contributed by atoms with Gasteiger partial charge in [-0.05, 0) is 56.7 Å². The maximum Gasteiger partial charge on any atom is 0.261 e. The van der Waals surface area contributed by atoms with Gasteiger partial charge in [0.15, 0.2) is 0 Å². The first-order valence-corrected chi connectivity index (χ1v) is 12.8. The lowest BCUT2D eigenvalue weighted by Crippen LogP contribution is -2.38. The molecule has 2 aromatic carbocycles. The van der Waals surface area contributed by atoms with Crippen LogP contribution in [0.3, 0.4) is 0 Å². The summed E-state index contributed by atoms with van der Waals surface area (Å²) in [5, 5.41) is 0.536. The first-order chi connectivity index (χ1) is 14.8. The van der Waals surface area contributed by atoms with Crippen LogP contribution in [0.5, 0.6) is 0 Å². The standard InChI is InChI=1S/C23H28BrN3O3S/c1-4-6-9-16-27(31(29,30)19-14-12-18(24)13-15-19)17(3)22-25-21-11-8-7-10-20(21)23(28)26(22)5-2/h7-8,10-15,17H,4-6,9,16H2,1-3H3. The van der Waals surface area contributed by atoms with Crippen LogP contribution in [0, 0.1) is 0 Å². The molecule has 3 aromatic rings. The number of para-hydroxylation sites is 1. The van der Waals surface area contributed by atoms with Crippen molar-refractivity contribution in [1.29, 1.82) is 0 Å². The maximum atomic E-state index is 13.6. The minimum Gasteiger partial charge on any atom is -0.295 e. The quantitative estimate of drug-likeness (QED) is 0.378. The summed E-state index contributed by atoms with van der Waals surface area (Å²) in [5.41, 5.74) is 0.429. The summed E-state index contributed by atoms with van der Waals surface area (Å²) in [6.45, 7) is 6.54. The van der Waals surface area contributed by atoms with E-state index in [0.717, 1.165) is 23.7 Å². The van der Waals surface area contributed by atoms with E-state index in [9.17, 15) is 13.2 Å². The predicted molar refractivity (Wildman–Crippen MR) is 128 cm³/mol. The fourth-order valence-corrected chi connectivity index (χ4v) is 5.62. The third-order valence-corrected chi connectivity index (χ3v) is 7.93. The van der Waals surface area contributed by atoms with Crippen molar-refractivity contribution in [2.24, 2.45) is 0 Å². The summed E-state index contributed by atoms with van der Waals surface area (Å²) in [6, 6.07) is 13.2. The summed E-state index contributed by atoms with van der Waals surface area (Å²) >= 11 is 3.36. The summed E-state index contributed by atoms with van der Waals surface area (Å²) in [5.74, 6) is 0.461. The van der Waals surface area contributed by atoms with Gasteiger partial charge in [0.2, 0.25) is 10.0 Å². The Morgan fingerprint density at radius 2 is 1.74 bits per heavy atom. The molecule has 0 spiro atoms. The normalized spacial score (nSPS) is 13.1. The fourth-order valence-electron chi connectivity index (χ4n) is 3.72. The average molecular weight is 506 g/mol. The molecule has 0 aliphatic heterocycles. The molecule has 0 bridgehead atoms. The molecule has 31 heavy (non-hydrogen) atoms. The van der Waals surface area contributed by atoms with E-state index in [-0.39, 0.29) is 10.5 Å². The van der Waals surface area contributed by atoms with Crippen LogP contribution in [0.15, 0.2) is 62.7 Å². The summed E-state index contributed by atoms with van der Waals surface area (Å²) in [7, 11) is -3.78. The molecule has 1 heterocycles. The summed E-state index contributed by atoms with van der Waals surface area (Å²) < 4.78 is 31.1. The van der Waals surface area contributed by atoms with Gasteiger partial charge in [0.05, 0.1) is 21.8 Å². The lowest BCUT2D eigenvalue weighted by atomic mass is 10.2. The zero-order valence-electron chi connectivity index (χ0n) is 18.1.